The fraction of sp³-hybridized carbons (Fsp3) is 0.414. The van der Waals surface area contributed by atoms with Crippen molar-refractivity contribution in [3.63, 3.8) is 0 Å². The van der Waals surface area contributed by atoms with Gasteiger partial charge in [-0.3, -0.25) is 71.9 Å². The van der Waals surface area contributed by atoms with Crippen molar-refractivity contribution in [2.24, 2.45) is 11.8 Å². The fourth-order valence-corrected chi connectivity index (χ4v) is 21.7. The molecule has 0 bridgehead atoms. The maximum atomic E-state index is 13.8. The van der Waals surface area contributed by atoms with E-state index in [0.29, 0.717) is 129 Å². The zero-order valence-electron chi connectivity index (χ0n) is 79.2. The first-order valence-corrected chi connectivity index (χ1v) is 46.8. The number of nitrogens with one attached hydrogen (secondary N) is 12. The highest BCUT2D eigenvalue weighted by Crippen LogP contribution is 2.59. The summed E-state index contributed by atoms with van der Waals surface area (Å²) in [5, 5.41) is 47.4. The molecule has 0 unspecified atom stereocenters. The van der Waals surface area contributed by atoms with Gasteiger partial charge in [0.2, 0.25) is 17.7 Å². The Morgan fingerprint density at radius 2 is 0.734 bits per heavy atom. The van der Waals surface area contributed by atoms with Crippen LogP contribution in [0.15, 0.2) is 85.1 Å². The Labute approximate surface area is 821 Å². The van der Waals surface area contributed by atoms with Crippen molar-refractivity contribution >= 4 is 134 Å². The van der Waals surface area contributed by atoms with Crippen molar-refractivity contribution in [1.82, 2.24) is 70.9 Å². The van der Waals surface area contributed by atoms with Gasteiger partial charge in [0.1, 0.15) is 45.1 Å². The standard InChI is InChI=1S/2C25H25ClF2N4O4.C25H25F2N5O4.C24H24F2N6O3/c2*1-11-4-5-14(7-16(11)26)30-21(34)18-12(2)17(19-15-6-13(15)8-32(18)19)20(33)22(35)31-24(23(36)29-3)9-25(27,28)10-24;1-13-6-7-16(9-15(13)10-28)30-21(34)19-14(2)18(17-5-4-8-32(17)19)20(33)22(35)31-24(23(36)29-3)11-25(26,27)12-24;1-13-5-7-15(8-6-13)28-21(34)19-14(2)18(16-4-3-9-32(16)19)20(33)22(35)29-23(11-24(25,26)12-23)17-10-27-31-30-17/h2*4-5,7,13,15H,6,8-10H2,1-3H3,(H,29,36)(H,30,34)(H,31,35);6-7,9H,4-5,8,11-12H2,1-3H3,(H,29,36)(H,30,34)(H,31,35);5-8,10H,3-4,9,11-12H2,1-2H3,(H,28,34)(H,29,35)(H,27,30,31)/t2*13-,15-;;/m10../s1. The number of ketones is 4. The van der Waals surface area contributed by atoms with E-state index in [9.17, 15) is 112 Å². The van der Waals surface area contributed by atoms with Crippen LogP contribution < -0.4 is 58.5 Å². The number of fused-ring (bicyclic) bond motifs is 8. The van der Waals surface area contributed by atoms with E-state index in [-0.39, 0.29) is 80.2 Å². The summed E-state index contributed by atoms with van der Waals surface area (Å²) < 4.78 is 116. The SMILES string of the molecule is CNC(=O)C1(NC(=O)C(=O)c2c(C)c(C(=O)Nc3ccc(C)c(C#N)c3)n3c2CCC3)CC(F)(F)C1.CNC(=O)C1(NC(=O)C(=O)c2c(C)c(C(=O)Nc3ccc(C)c(Cl)c3)n3c2[C@@H]2C[C@@H]2C3)CC(F)(F)C1.CNC(=O)C1(NC(=O)C(=O)c2c(C)c(C(=O)Nc3ccc(C)c(Cl)c3)n3c2[C@H]2C[C@H]2C3)CC(F)(F)C1.Cc1ccc(NC(=O)c2c(C)c(C(=O)C(=O)NC3(c4cn[nH]n4)CC(F)(F)C3)c3n2CCC3)cc1. The van der Waals surface area contributed by atoms with Crippen LogP contribution in [0.3, 0.4) is 0 Å². The number of anilines is 4. The molecule has 0 saturated heterocycles. The first-order valence-electron chi connectivity index (χ1n) is 46.0. The highest BCUT2D eigenvalue weighted by Gasteiger charge is 2.66. The topological polar surface area (TPSA) is 473 Å². The molecule has 0 radical (unpaired) electrons. The third kappa shape index (κ3) is 19.0. The molecule has 750 valence electrons. The van der Waals surface area contributed by atoms with Crippen molar-refractivity contribution < 1.29 is 107 Å². The number of carbonyl (C=O) groups is 15. The molecule has 11 amide bonds. The summed E-state index contributed by atoms with van der Waals surface area (Å²) >= 11 is 12.3. The molecule has 9 heterocycles. The summed E-state index contributed by atoms with van der Waals surface area (Å²) in [7, 11) is 3.81. The minimum absolute atomic E-state index is 0.0370. The molecule has 143 heavy (non-hydrogen) atoms. The van der Waals surface area contributed by atoms with Crippen molar-refractivity contribution in [3.05, 3.63) is 219 Å². The molecule has 4 atom stereocenters. The van der Waals surface area contributed by atoms with E-state index in [2.05, 4.69) is 80.0 Å². The van der Waals surface area contributed by atoms with E-state index in [4.69, 9.17) is 23.2 Å². The second kappa shape index (κ2) is 37.4. The van der Waals surface area contributed by atoms with E-state index >= 15 is 0 Å². The number of nitrogens with zero attached hydrogens (tertiary/aromatic N) is 7. The van der Waals surface area contributed by atoms with E-state index in [1.165, 1.54) is 27.3 Å². The van der Waals surface area contributed by atoms with Gasteiger partial charge in [-0.25, -0.2) is 35.1 Å². The van der Waals surface area contributed by atoms with Crippen LogP contribution in [0.5, 0.6) is 0 Å². The number of halogens is 10. The quantitative estimate of drug-likeness (QED) is 0.0152. The lowest BCUT2D eigenvalue weighted by Crippen LogP contribution is -2.69. The maximum Gasteiger partial charge on any atom is 0.293 e. The number of benzene rings is 4. The minimum Gasteiger partial charge on any atom is -0.357 e. The van der Waals surface area contributed by atoms with Gasteiger partial charge in [0.15, 0.2) is 0 Å². The van der Waals surface area contributed by atoms with Gasteiger partial charge in [-0.05, 0) is 193 Å². The van der Waals surface area contributed by atoms with Crippen LogP contribution in [0.2, 0.25) is 10.0 Å². The number of hydrogen-bond acceptors (Lipinski definition) is 18. The molecule has 4 aromatic carbocycles. The lowest BCUT2D eigenvalue weighted by atomic mass is 9.71. The van der Waals surface area contributed by atoms with Crippen LogP contribution in [-0.2, 0) is 78.1 Å². The number of amides is 11. The summed E-state index contributed by atoms with van der Waals surface area (Å²) in [5.74, 6) is -24.1. The molecule has 34 nitrogen and oxygen atoms in total. The first kappa shape index (κ1) is 101. The molecular weight excluding hydrogens is 1920 g/mol. The van der Waals surface area contributed by atoms with E-state index in [0.717, 1.165) is 41.5 Å². The number of likely N-dealkylation sites (N-methyl/N-ethyl adjacent to an activating group) is 3. The average Bonchev–Trinajstić information content (AvgIpc) is 1.54. The molecular formula is C99H99Cl2F8N19O15. The van der Waals surface area contributed by atoms with Gasteiger partial charge in [0, 0.05) is 166 Å². The molecule has 19 rings (SSSR count). The average molecular weight is 2020 g/mol. The summed E-state index contributed by atoms with van der Waals surface area (Å²) in [6.07, 6.45) is -1.42. The third-order valence-corrected chi connectivity index (χ3v) is 29.3. The molecule has 4 aliphatic heterocycles. The fourth-order valence-electron chi connectivity index (χ4n) is 21.3. The number of rotatable bonds is 24. The number of Topliss-reactive ketones (excluding diaryl/α,β-unsaturated/α-hetero) is 4. The van der Waals surface area contributed by atoms with Gasteiger partial charge in [0.25, 0.3) is 94.1 Å². The lowest BCUT2D eigenvalue weighted by Gasteiger charge is -2.46. The smallest absolute Gasteiger partial charge is 0.293 e. The van der Waals surface area contributed by atoms with Crippen LogP contribution in [-0.4, -0.2) is 183 Å². The molecule has 6 saturated carbocycles. The van der Waals surface area contributed by atoms with Gasteiger partial charge >= 0.3 is 0 Å². The van der Waals surface area contributed by atoms with E-state index in [1.54, 1.807) is 120 Å². The molecule has 0 spiro atoms. The molecule has 44 heteroatoms. The highest BCUT2D eigenvalue weighted by atomic mass is 35.5. The number of carbonyl (C=O) groups excluding carboxylic acids is 15. The number of aryl methyl sites for hydroxylation is 4. The number of nitriles is 1. The van der Waals surface area contributed by atoms with Gasteiger partial charge < -0.3 is 76.8 Å². The van der Waals surface area contributed by atoms with Gasteiger partial charge in [-0.1, -0.05) is 59.1 Å². The highest BCUT2D eigenvalue weighted by molar-refractivity contribution is 6.46. The molecule has 5 aromatic heterocycles. The van der Waals surface area contributed by atoms with Crippen molar-refractivity contribution in [2.75, 3.05) is 42.4 Å². The van der Waals surface area contributed by atoms with Crippen LogP contribution in [0, 0.1) is 78.6 Å². The summed E-state index contributed by atoms with van der Waals surface area (Å²) in [5.41, 5.74) is 4.08. The van der Waals surface area contributed by atoms with Crippen LogP contribution in [0.25, 0.3) is 0 Å². The molecule has 12 N–H and O–H groups in total. The minimum atomic E-state index is -3.12. The number of aromatic nitrogens is 7. The molecule has 10 aliphatic rings. The zero-order valence-corrected chi connectivity index (χ0v) is 80.7. The maximum absolute atomic E-state index is 13.8. The first-order chi connectivity index (χ1) is 67.3. The van der Waals surface area contributed by atoms with Crippen LogP contribution in [0.4, 0.5) is 57.9 Å². The summed E-state index contributed by atoms with van der Waals surface area (Å²) in [4.78, 5) is 195. The van der Waals surface area contributed by atoms with Crippen molar-refractivity contribution in [2.45, 2.75) is 229 Å². The molecule has 9 aromatic rings. The Morgan fingerprint density at radius 1 is 0.413 bits per heavy atom. The van der Waals surface area contributed by atoms with Crippen LogP contribution >= 0.6 is 23.2 Å². The Bertz CT molecular complexity index is 6790. The molecule has 6 fully saturated rings. The van der Waals surface area contributed by atoms with Gasteiger partial charge in [0.05, 0.1) is 45.6 Å². The normalized spacial score (nSPS) is 19.6. The van der Waals surface area contributed by atoms with Gasteiger partial charge in [-0.15, -0.1) is 0 Å². The lowest BCUT2D eigenvalue weighted by molar-refractivity contribution is -0.164. The third-order valence-electron chi connectivity index (χ3n) is 28.5. The Balaban J connectivity index is 0.000000137. The Kier molecular flexibility index (Phi) is 26.5. The summed E-state index contributed by atoms with van der Waals surface area (Å²) in [6.45, 7) is 15.8. The second-order valence-electron chi connectivity index (χ2n) is 38.6. The Morgan fingerprint density at radius 3 is 1.07 bits per heavy atom. The number of aromatic amines is 1. The zero-order chi connectivity index (χ0) is 104. The van der Waals surface area contributed by atoms with Crippen molar-refractivity contribution in [1.29, 1.82) is 5.26 Å². The van der Waals surface area contributed by atoms with Crippen molar-refractivity contribution in [3.8, 4) is 6.07 Å². The molecule has 6 aliphatic carbocycles. The Hall–Kier alpha value is -14.5. The summed E-state index contributed by atoms with van der Waals surface area (Å²) in [6, 6.07) is 24.5. The monoisotopic (exact) mass is 2020 g/mol. The van der Waals surface area contributed by atoms with Gasteiger partial charge in [-0.2, -0.15) is 20.7 Å². The van der Waals surface area contributed by atoms with E-state index in [1.807, 2.05) is 32.9 Å². The predicted molar refractivity (Wildman–Crippen MR) is 501 cm³/mol. The number of hydrogen-bond donors (Lipinski definition) is 12. The largest absolute Gasteiger partial charge is 0.357 e. The second-order valence-corrected chi connectivity index (χ2v) is 39.5. The van der Waals surface area contributed by atoms with E-state index < -0.39 is 179 Å². The number of alkyl halides is 8. The predicted octanol–water partition coefficient (Wildman–Crippen LogP) is 12.1. The number of H-pyrrole nitrogens is 1. The van der Waals surface area contributed by atoms with Crippen LogP contribution in [0.1, 0.15) is 251 Å².